The van der Waals surface area contributed by atoms with Crippen LogP contribution < -0.4 is 10.1 Å². The molecule has 0 unspecified atom stereocenters. The highest BCUT2D eigenvalue weighted by Crippen LogP contribution is 2.36. The zero-order chi connectivity index (χ0) is 18.0. The van der Waals surface area contributed by atoms with Crippen molar-refractivity contribution in [3.63, 3.8) is 0 Å². The summed E-state index contributed by atoms with van der Waals surface area (Å²) in [5, 5.41) is 6.83. The summed E-state index contributed by atoms with van der Waals surface area (Å²) in [6.45, 7) is 0. The van der Waals surface area contributed by atoms with Crippen LogP contribution in [0.4, 0.5) is 24.5 Å². The second kappa shape index (κ2) is 6.95. The lowest BCUT2D eigenvalue weighted by molar-refractivity contribution is -0.137. The molecule has 0 fully saturated rings. The summed E-state index contributed by atoms with van der Waals surface area (Å²) in [6.07, 6.45) is -4.05. The first-order chi connectivity index (χ1) is 11.9. The summed E-state index contributed by atoms with van der Waals surface area (Å²) < 4.78 is 44.6. The Bertz CT molecular complexity index is 809. The summed E-state index contributed by atoms with van der Waals surface area (Å²) in [5.41, 5.74) is 0.985. The highest BCUT2D eigenvalue weighted by molar-refractivity contribution is 9.18. The van der Waals surface area contributed by atoms with Crippen molar-refractivity contribution >= 4 is 31.9 Å². The summed E-state index contributed by atoms with van der Waals surface area (Å²) in [6, 6.07) is 10.4. The van der Waals surface area contributed by atoms with E-state index in [0.29, 0.717) is 28.2 Å². The van der Waals surface area contributed by atoms with Crippen molar-refractivity contribution < 1.29 is 22.7 Å². The third-order valence-corrected chi connectivity index (χ3v) is 4.17. The topological polar surface area (TPSA) is 42.9 Å². The highest BCUT2D eigenvalue weighted by Gasteiger charge is 2.30. The molecule has 132 valence electrons. The molecule has 0 aliphatic carbocycles. The Labute approximate surface area is 150 Å². The molecule has 0 radical (unpaired) electrons. The molecule has 0 amide bonds. The Hall–Kier alpha value is -2.22. The number of hydrogen-bond acceptors (Lipinski definition) is 4. The highest BCUT2D eigenvalue weighted by atomic mass is 79.9. The normalized spacial score (nSPS) is 17.0. The zero-order valence-corrected chi connectivity index (χ0v) is 14.7. The van der Waals surface area contributed by atoms with Crippen molar-refractivity contribution in [3.8, 4) is 5.75 Å². The van der Waals surface area contributed by atoms with Gasteiger partial charge in [-0.15, -0.1) is 0 Å². The lowest BCUT2D eigenvalue weighted by Gasteiger charge is -2.16. The molecule has 25 heavy (non-hydrogen) atoms. The molecule has 8 heteroatoms. The van der Waals surface area contributed by atoms with E-state index in [1.54, 1.807) is 18.2 Å². The molecule has 4 nitrogen and oxygen atoms in total. The van der Waals surface area contributed by atoms with Crippen LogP contribution in [0.15, 0.2) is 47.6 Å². The fourth-order valence-electron chi connectivity index (χ4n) is 2.48. The molecule has 1 aliphatic heterocycles. The Kier molecular flexibility index (Phi) is 4.89. The van der Waals surface area contributed by atoms with E-state index in [1.807, 2.05) is 6.07 Å². The lowest BCUT2D eigenvalue weighted by atomic mass is 10.1. The molecule has 1 heterocycles. The van der Waals surface area contributed by atoms with Crippen LogP contribution >= 0.6 is 15.9 Å². The molecule has 0 bridgehead atoms. The molecule has 1 atom stereocenters. The van der Waals surface area contributed by atoms with E-state index < -0.39 is 11.7 Å². The zero-order valence-electron chi connectivity index (χ0n) is 13.1. The van der Waals surface area contributed by atoms with Crippen LogP contribution in [0, 0.1) is 0 Å². The third kappa shape index (κ3) is 4.07. The minimum Gasteiger partial charge on any atom is -0.495 e. The molecule has 2 aromatic carbocycles. The molecular formula is C17H14BrF3N2O2. The minimum atomic E-state index is -4.40. The van der Waals surface area contributed by atoms with Crippen molar-refractivity contribution in [2.45, 2.75) is 18.7 Å². The van der Waals surface area contributed by atoms with Gasteiger partial charge in [0.05, 0.1) is 18.4 Å². The van der Waals surface area contributed by atoms with Crippen LogP contribution in [-0.4, -0.2) is 11.7 Å². The van der Waals surface area contributed by atoms with Gasteiger partial charge in [-0.1, -0.05) is 17.3 Å². The van der Waals surface area contributed by atoms with E-state index in [9.17, 15) is 13.2 Å². The number of methoxy groups -OCH3 is 1. The Balaban J connectivity index is 1.88. The SMILES string of the molecule is COc1ccc([C@@H]2CC(Br)=NO2)cc1Nc1cccc(C(F)(F)F)c1. The first-order valence-corrected chi connectivity index (χ1v) is 8.16. The van der Waals surface area contributed by atoms with E-state index >= 15 is 0 Å². The smallest absolute Gasteiger partial charge is 0.416 e. The second-order valence-electron chi connectivity index (χ2n) is 5.43. The van der Waals surface area contributed by atoms with Crippen molar-refractivity contribution in [2.75, 3.05) is 12.4 Å². The van der Waals surface area contributed by atoms with Gasteiger partial charge in [0, 0.05) is 12.1 Å². The number of hydrogen-bond donors (Lipinski definition) is 1. The maximum absolute atomic E-state index is 12.9. The molecule has 0 saturated heterocycles. The number of halogens is 4. The van der Waals surface area contributed by atoms with Gasteiger partial charge in [0.25, 0.3) is 0 Å². The van der Waals surface area contributed by atoms with Gasteiger partial charge in [-0.2, -0.15) is 13.2 Å². The van der Waals surface area contributed by atoms with Crippen LogP contribution in [-0.2, 0) is 11.0 Å². The van der Waals surface area contributed by atoms with Crippen molar-refractivity contribution in [1.29, 1.82) is 0 Å². The van der Waals surface area contributed by atoms with Gasteiger partial charge >= 0.3 is 6.18 Å². The van der Waals surface area contributed by atoms with Crippen LogP contribution in [0.25, 0.3) is 0 Å². The maximum atomic E-state index is 12.9. The number of alkyl halides is 3. The second-order valence-corrected chi connectivity index (χ2v) is 6.34. The van der Waals surface area contributed by atoms with Gasteiger partial charge in [-0.05, 0) is 51.8 Å². The molecule has 3 rings (SSSR count). The average Bonchev–Trinajstić information content (AvgIpc) is 3.01. The Morgan fingerprint density at radius 2 is 2.04 bits per heavy atom. The number of anilines is 2. The summed E-state index contributed by atoms with van der Waals surface area (Å²) in [4.78, 5) is 5.32. The van der Waals surface area contributed by atoms with E-state index in [-0.39, 0.29) is 6.10 Å². The van der Waals surface area contributed by atoms with E-state index in [4.69, 9.17) is 9.57 Å². The molecule has 0 aromatic heterocycles. The lowest BCUT2D eigenvalue weighted by Crippen LogP contribution is -2.05. The predicted molar refractivity (Wildman–Crippen MR) is 92.5 cm³/mol. The van der Waals surface area contributed by atoms with Crippen LogP contribution in [0.2, 0.25) is 0 Å². The number of rotatable bonds is 4. The summed E-state index contributed by atoms with van der Waals surface area (Å²) in [5.74, 6) is 0.513. The monoisotopic (exact) mass is 414 g/mol. The third-order valence-electron chi connectivity index (χ3n) is 3.70. The van der Waals surface area contributed by atoms with E-state index in [1.165, 1.54) is 13.2 Å². The molecular weight excluding hydrogens is 401 g/mol. The van der Waals surface area contributed by atoms with Crippen LogP contribution in [0.1, 0.15) is 23.7 Å². The molecule has 1 N–H and O–H groups in total. The molecule has 1 aliphatic rings. The first-order valence-electron chi connectivity index (χ1n) is 7.37. The molecule has 0 saturated carbocycles. The number of benzene rings is 2. The Morgan fingerprint density at radius 3 is 2.68 bits per heavy atom. The first kappa shape index (κ1) is 17.6. The van der Waals surface area contributed by atoms with Crippen molar-refractivity contribution in [2.24, 2.45) is 5.16 Å². The standard InChI is InChI=1S/C17H14BrF3N2O2/c1-24-14-6-5-10(15-9-16(18)23-25-15)7-13(14)22-12-4-2-3-11(8-12)17(19,20)21/h2-8,15,22H,9H2,1H3/t15-/m0/s1. The number of oxime groups is 1. The molecule has 0 spiro atoms. The molecule has 2 aromatic rings. The fourth-order valence-corrected chi connectivity index (χ4v) is 2.86. The predicted octanol–water partition coefficient (Wildman–Crippen LogP) is 5.63. The van der Waals surface area contributed by atoms with Gasteiger partial charge < -0.3 is 14.9 Å². The van der Waals surface area contributed by atoms with Crippen LogP contribution in [0.3, 0.4) is 0 Å². The fraction of sp³-hybridized carbons (Fsp3) is 0.235. The van der Waals surface area contributed by atoms with Crippen molar-refractivity contribution in [1.82, 2.24) is 0 Å². The van der Waals surface area contributed by atoms with E-state index in [2.05, 4.69) is 26.4 Å². The van der Waals surface area contributed by atoms with Gasteiger partial charge in [-0.25, -0.2) is 0 Å². The average molecular weight is 415 g/mol. The van der Waals surface area contributed by atoms with E-state index in [0.717, 1.165) is 17.7 Å². The summed E-state index contributed by atoms with van der Waals surface area (Å²) in [7, 11) is 1.50. The Morgan fingerprint density at radius 1 is 1.24 bits per heavy atom. The van der Waals surface area contributed by atoms with Crippen LogP contribution in [0.5, 0.6) is 5.75 Å². The van der Waals surface area contributed by atoms with Gasteiger partial charge in [0.2, 0.25) is 0 Å². The quantitative estimate of drug-likeness (QED) is 0.704. The number of ether oxygens (including phenoxy) is 1. The van der Waals surface area contributed by atoms with Crippen molar-refractivity contribution in [3.05, 3.63) is 53.6 Å². The maximum Gasteiger partial charge on any atom is 0.416 e. The summed E-state index contributed by atoms with van der Waals surface area (Å²) >= 11 is 3.28. The minimum absolute atomic E-state index is 0.248. The van der Waals surface area contributed by atoms with Gasteiger partial charge in [-0.3, -0.25) is 0 Å². The number of nitrogens with zero attached hydrogens (tertiary/aromatic N) is 1. The van der Waals surface area contributed by atoms with Gasteiger partial charge in [0.1, 0.15) is 10.4 Å². The number of nitrogens with one attached hydrogen (secondary N) is 1. The van der Waals surface area contributed by atoms with Gasteiger partial charge in [0.15, 0.2) is 6.10 Å². The largest absolute Gasteiger partial charge is 0.495 e.